The summed E-state index contributed by atoms with van der Waals surface area (Å²) < 4.78 is 16.9. The first-order valence-corrected chi connectivity index (χ1v) is 32.9. The molecule has 6 heteroatoms. The van der Waals surface area contributed by atoms with Gasteiger partial charge in [-0.25, -0.2) is 0 Å². The molecule has 440 valence electrons. The summed E-state index contributed by atoms with van der Waals surface area (Å²) in [6.45, 7) is 6.55. The Balaban J connectivity index is 4.29. The molecular weight excluding hydrogens is 937 g/mol. The molecule has 0 saturated heterocycles. The van der Waals surface area contributed by atoms with Crippen molar-refractivity contribution in [2.45, 2.75) is 341 Å². The maximum Gasteiger partial charge on any atom is 0.306 e. The van der Waals surface area contributed by atoms with Crippen molar-refractivity contribution < 1.29 is 28.6 Å². The minimum Gasteiger partial charge on any atom is -0.462 e. The molecule has 0 aliphatic rings. The largest absolute Gasteiger partial charge is 0.462 e. The van der Waals surface area contributed by atoms with Gasteiger partial charge >= 0.3 is 17.9 Å². The average molecular weight is 1060 g/mol. The SMILES string of the molecule is CC/C=C\C/C=C\C/C=C\C/C=C\C/C=C\C/C=C\CCCCCCC(=O)OC(COC(=O)CCCCCCCCCCCCC)COC(=O)CCCCCCCCCCCCCCCCCCCCCCCCCC. The molecule has 0 aromatic carbocycles. The highest BCUT2D eigenvalue weighted by Gasteiger charge is 2.19. The van der Waals surface area contributed by atoms with Crippen LogP contribution >= 0.6 is 0 Å². The smallest absolute Gasteiger partial charge is 0.306 e. The van der Waals surface area contributed by atoms with Gasteiger partial charge in [0.05, 0.1) is 0 Å². The van der Waals surface area contributed by atoms with Gasteiger partial charge in [0.15, 0.2) is 6.10 Å². The number of ether oxygens (including phenoxy) is 3. The van der Waals surface area contributed by atoms with E-state index in [-0.39, 0.29) is 31.1 Å². The van der Waals surface area contributed by atoms with Crippen molar-refractivity contribution in [3.05, 3.63) is 72.9 Å². The van der Waals surface area contributed by atoms with Crippen LogP contribution in [0.25, 0.3) is 0 Å². The Morgan fingerprint density at radius 3 is 0.803 bits per heavy atom. The fourth-order valence-electron chi connectivity index (χ4n) is 9.57. The van der Waals surface area contributed by atoms with E-state index in [1.54, 1.807) is 0 Å². The molecule has 6 nitrogen and oxygen atoms in total. The first kappa shape index (κ1) is 72.8. The van der Waals surface area contributed by atoms with Crippen LogP contribution in [0, 0.1) is 0 Å². The monoisotopic (exact) mass is 1060 g/mol. The van der Waals surface area contributed by atoms with Crippen LogP contribution in [0.15, 0.2) is 72.9 Å². The Labute approximate surface area is 472 Å². The number of carbonyl (C=O) groups is 3. The third kappa shape index (κ3) is 61.7. The van der Waals surface area contributed by atoms with E-state index in [4.69, 9.17) is 14.2 Å². The van der Waals surface area contributed by atoms with E-state index < -0.39 is 6.10 Å². The van der Waals surface area contributed by atoms with E-state index in [1.807, 2.05) is 0 Å². The molecular formula is C70H124O6. The van der Waals surface area contributed by atoms with E-state index in [2.05, 4.69) is 93.7 Å². The molecule has 76 heavy (non-hydrogen) atoms. The van der Waals surface area contributed by atoms with Crippen LogP contribution in [0.1, 0.15) is 335 Å². The third-order valence-corrected chi connectivity index (χ3v) is 14.5. The lowest BCUT2D eigenvalue weighted by atomic mass is 10.0. The standard InChI is InChI=1S/C70H124O6/c1-4-7-10-13-16-19-22-24-26-28-30-32-34-36-37-39-41-43-45-48-51-54-57-60-63-69(72)75-66-67(65-74-68(71)62-59-56-53-50-47-21-18-15-12-9-6-3)76-70(73)64-61-58-55-52-49-46-44-42-40-38-35-33-31-29-27-25-23-20-17-14-11-8-5-2/h8,11,17,20,25,27,31,33,38,40,44,46,67H,4-7,9-10,12-16,18-19,21-24,26,28-30,32,34-37,39,41-43,45,47-66H2,1-3H3/b11-8-,20-17-,27-25-,33-31-,40-38-,46-44-. The van der Waals surface area contributed by atoms with Gasteiger partial charge in [0, 0.05) is 19.3 Å². The van der Waals surface area contributed by atoms with Gasteiger partial charge in [0.2, 0.25) is 0 Å². The number of carbonyl (C=O) groups excluding carboxylic acids is 3. The third-order valence-electron chi connectivity index (χ3n) is 14.5. The summed E-state index contributed by atoms with van der Waals surface area (Å²) in [7, 11) is 0. The van der Waals surface area contributed by atoms with Gasteiger partial charge in [-0.05, 0) is 70.6 Å². The predicted molar refractivity (Wildman–Crippen MR) is 330 cm³/mol. The van der Waals surface area contributed by atoms with Crippen molar-refractivity contribution in [2.75, 3.05) is 13.2 Å². The number of esters is 3. The second-order valence-corrected chi connectivity index (χ2v) is 22.0. The van der Waals surface area contributed by atoms with Crippen molar-refractivity contribution in [1.29, 1.82) is 0 Å². The van der Waals surface area contributed by atoms with Gasteiger partial charge in [-0.15, -0.1) is 0 Å². The van der Waals surface area contributed by atoms with Crippen LogP contribution in [0.4, 0.5) is 0 Å². The average Bonchev–Trinajstić information content (AvgIpc) is 3.42. The van der Waals surface area contributed by atoms with Gasteiger partial charge in [0.1, 0.15) is 13.2 Å². The van der Waals surface area contributed by atoms with Gasteiger partial charge in [0.25, 0.3) is 0 Å². The summed E-state index contributed by atoms with van der Waals surface area (Å²) in [5, 5.41) is 0. The number of allylic oxidation sites excluding steroid dienone is 12. The zero-order chi connectivity index (χ0) is 55.0. The van der Waals surface area contributed by atoms with Gasteiger partial charge < -0.3 is 14.2 Å². The molecule has 0 radical (unpaired) electrons. The summed E-state index contributed by atoms with van der Waals surface area (Å²) in [5.74, 6) is -0.890. The topological polar surface area (TPSA) is 78.9 Å². The van der Waals surface area contributed by atoms with Crippen molar-refractivity contribution >= 4 is 17.9 Å². The van der Waals surface area contributed by atoms with Crippen LogP contribution in [0.3, 0.4) is 0 Å². The van der Waals surface area contributed by atoms with Crippen LogP contribution in [0.5, 0.6) is 0 Å². The molecule has 0 rings (SSSR count). The lowest BCUT2D eigenvalue weighted by molar-refractivity contribution is -0.167. The second-order valence-electron chi connectivity index (χ2n) is 22.0. The number of hydrogen-bond donors (Lipinski definition) is 0. The molecule has 0 spiro atoms. The molecule has 0 saturated carbocycles. The summed E-state index contributed by atoms with van der Waals surface area (Å²) in [4.78, 5) is 38.3. The molecule has 1 atom stereocenters. The van der Waals surface area contributed by atoms with Crippen LogP contribution in [-0.2, 0) is 28.6 Å². The van der Waals surface area contributed by atoms with E-state index in [9.17, 15) is 14.4 Å². The maximum absolute atomic E-state index is 12.9. The van der Waals surface area contributed by atoms with Gasteiger partial charge in [-0.1, -0.05) is 318 Å². The lowest BCUT2D eigenvalue weighted by Gasteiger charge is -2.18. The summed E-state index contributed by atoms with van der Waals surface area (Å²) in [6.07, 6.45) is 83.5. The van der Waals surface area contributed by atoms with Gasteiger partial charge in [-0.3, -0.25) is 14.4 Å². The molecule has 0 N–H and O–H groups in total. The van der Waals surface area contributed by atoms with E-state index >= 15 is 0 Å². The highest BCUT2D eigenvalue weighted by Crippen LogP contribution is 2.18. The van der Waals surface area contributed by atoms with Crippen LogP contribution < -0.4 is 0 Å². The Hall–Kier alpha value is -3.15. The molecule has 0 bridgehead atoms. The fraction of sp³-hybridized carbons (Fsp3) is 0.786. The zero-order valence-corrected chi connectivity index (χ0v) is 50.5. The van der Waals surface area contributed by atoms with Crippen molar-refractivity contribution in [1.82, 2.24) is 0 Å². The second kappa shape index (κ2) is 64.4. The molecule has 0 aromatic rings. The van der Waals surface area contributed by atoms with Crippen LogP contribution in [0.2, 0.25) is 0 Å². The van der Waals surface area contributed by atoms with Crippen molar-refractivity contribution in [2.24, 2.45) is 0 Å². The van der Waals surface area contributed by atoms with E-state index in [1.165, 1.54) is 186 Å². The fourth-order valence-corrected chi connectivity index (χ4v) is 9.57. The Bertz CT molecular complexity index is 1400. The minimum atomic E-state index is -0.787. The molecule has 0 aromatic heterocycles. The van der Waals surface area contributed by atoms with Crippen molar-refractivity contribution in [3.63, 3.8) is 0 Å². The number of unbranched alkanes of at least 4 members (excludes halogenated alkanes) is 37. The minimum absolute atomic E-state index is 0.0817. The quantitative estimate of drug-likeness (QED) is 0.0261. The molecule has 0 fully saturated rings. The highest BCUT2D eigenvalue weighted by molar-refractivity contribution is 5.71. The van der Waals surface area contributed by atoms with E-state index in [0.29, 0.717) is 19.3 Å². The first-order valence-electron chi connectivity index (χ1n) is 32.9. The Morgan fingerprint density at radius 1 is 0.276 bits per heavy atom. The molecule has 0 aliphatic heterocycles. The van der Waals surface area contributed by atoms with E-state index in [0.717, 1.165) is 109 Å². The number of hydrogen-bond acceptors (Lipinski definition) is 6. The molecule has 0 heterocycles. The summed E-state index contributed by atoms with van der Waals surface area (Å²) in [5.41, 5.74) is 0. The first-order chi connectivity index (χ1) is 37.5. The predicted octanol–water partition coefficient (Wildman–Crippen LogP) is 22.5. The zero-order valence-electron chi connectivity index (χ0n) is 50.5. The van der Waals surface area contributed by atoms with Crippen molar-refractivity contribution in [3.8, 4) is 0 Å². The van der Waals surface area contributed by atoms with Crippen LogP contribution in [-0.4, -0.2) is 37.2 Å². The number of rotatable bonds is 60. The maximum atomic E-state index is 12.9. The highest BCUT2D eigenvalue weighted by atomic mass is 16.6. The lowest BCUT2D eigenvalue weighted by Crippen LogP contribution is -2.30. The Morgan fingerprint density at radius 2 is 0.513 bits per heavy atom. The normalized spacial score (nSPS) is 12.5. The summed E-state index contributed by atoms with van der Waals surface area (Å²) in [6, 6.07) is 0. The summed E-state index contributed by atoms with van der Waals surface area (Å²) >= 11 is 0. The molecule has 0 amide bonds. The molecule has 1 unspecified atom stereocenters. The molecule has 0 aliphatic carbocycles. The Kier molecular flexibility index (Phi) is 61.7. The van der Waals surface area contributed by atoms with Gasteiger partial charge in [-0.2, -0.15) is 0 Å².